The minimum atomic E-state index is -0.274. The van der Waals surface area contributed by atoms with Crippen molar-refractivity contribution in [2.75, 3.05) is 0 Å². The molecule has 2 rings (SSSR count). The molecule has 1 heterocycles. The quantitative estimate of drug-likeness (QED) is 0.746. The number of fused-ring (bicyclic) bond motifs is 1. The van der Waals surface area contributed by atoms with Crippen LogP contribution in [0.25, 0.3) is 10.9 Å². The molecule has 0 saturated heterocycles. The molecule has 3 N–H and O–H groups in total. The Labute approximate surface area is 124 Å². The van der Waals surface area contributed by atoms with Gasteiger partial charge in [0.2, 0.25) is 0 Å². The highest BCUT2D eigenvalue weighted by atomic mass is 16.3. The Kier molecular flexibility index (Phi) is 6.01. The number of hydrogen-bond donors (Lipinski definition) is 3. The summed E-state index contributed by atoms with van der Waals surface area (Å²) in [7, 11) is 0. The molecule has 1 aromatic carbocycles. The van der Waals surface area contributed by atoms with E-state index < -0.39 is 0 Å². The number of aromatic nitrogens is 1. The fraction of sp³-hybridized carbons (Fsp3) is 0.118. The normalized spacial score (nSPS) is 10.5. The van der Waals surface area contributed by atoms with Gasteiger partial charge >= 0.3 is 0 Å². The van der Waals surface area contributed by atoms with Crippen molar-refractivity contribution in [2.45, 2.75) is 13.8 Å². The highest BCUT2D eigenvalue weighted by Gasteiger charge is 2.10. The van der Waals surface area contributed by atoms with Crippen molar-refractivity contribution in [2.24, 2.45) is 0 Å². The number of rotatable bonds is 4. The summed E-state index contributed by atoms with van der Waals surface area (Å²) in [5.41, 5.74) is 1.77. The second-order valence-corrected chi connectivity index (χ2v) is 3.97. The van der Waals surface area contributed by atoms with Crippen LogP contribution in [0.2, 0.25) is 0 Å². The van der Waals surface area contributed by atoms with E-state index in [-0.39, 0.29) is 11.7 Å². The van der Waals surface area contributed by atoms with Gasteiger partial charge < -0.3 is 15.4 Å². The lowest BCUT2D eigenvalue weighted by atomic mass is 10.2. The minimum absolute atomic E-state index is 0.164. The molecule has 1 amide bonds. The van der Waals surface area contributed by atoms with Gasteiger partial charge in [-0.1, -0.05) is 33.1 Å². The van der Waals surface area contributed by atoms with Gasteiger partial charge in [0.25, 0.3) is 5.91 Å². The zero-order chi connectivity index (χ0) is 15.8. The van der Waals surface area contributed by atoms with E-state index in [1.807, 2.05) is 13.8 Å². The highest BCUT2D eigenvalue weighted by molar-refractivity contribution is 5.99. The third-order valence-corrected chi connectivity index (χ3v) is 2.62. The molecular formula is C17H20N2O2. The molecule has 0 radical (unpaired) electrons. The van der Waals surface area contributed by atoms with Crippen LogP contribution in [0.5, 0.6) is 5.75 Å². The standard InChI is InChI=1S/C15H14N2O2.C2H6/c1-3-5-11(4-2)16-15(19)14-9-10-8-12(18)6-7-13(10)17-14;1-2/h3-9,17-18H,1-2H2,(H,16,19);1-2H3/b11-5+;. The average Bonchev–Trinajstić information content (AvgIpc) is 2.91. The van der Waals surface area contributed by atoms with E-state index in [1.165, 1.54) is 6.08 Å². The SMILES string of the molecule is C=C/C=C(\C=C)NC(=O)c1cc2cc(O)ccc2[nH]1.CC. The number of amides is 1. The van der Waals surface area contributed by atoms with Gasteiger partial charge in [-0.25, -0.2) is 0 Å². The lowest BCUT2D eigenvalue weighted by Crippen LogP contribution is -2.21. The van der Waals surface area contributed by atoms with Crippen molar-refractivity contribution < 1.29 is 9.90 Å². The number of carbonyl (C=O) groups excluding carboxylic acids is 1. The topological polar surface area (TPSA) is 65.1 Å². The van der Waals surface area contributed by atoms with E-state index >= 15 is 0 Å². The van der Waals surface area contributed by atoms with Gasteiger partial charge in [0.15, 0.2) is 0 Å². The number of hydrogen-bond acceptors (Lipinski definition) is 2. The third kappa shape index (κ3) is 4.11. The summed E-state index contributed by atoms with van der Waals surface area (Å²) in [6.07, 6.45) is 4.76. The van der Waals surface area contributed by atoms with E-state index in [0.29, 0.717) is 11.4 Å². The van der Waals surface area contributed by atoms with Crippen LogP contribution in [-0.4, -0.2) is 16.0 Å². The Morgan fingerprint density at radius 2 is 2.00 bits per heavy atom. The van der Waals surface area contributed by atoms with Crippen LogP contribution < -0.4 is 5.32 Å². The van der Waals surface area contributed by atoms with Gasteiger partial charge in [0.05, 0.1) is 0 Å². The summed E-state index contributed by atoms with van der Waals surface area (Å²) >= 11 is 0. The van der Waals surface area contributed by atoms with Crippen LogP contribution in [0.15, 0.2) is 61.3 Å². The average molecular weight is 284 g/mol. The lowest BCUT2D eigenvalue weighted by Gasteiger charge is -2.02. The number of nitrogens with one attached hydrogen (secondary N) is 2. The van der Waals surface area contributed by atoms with Crippen LogP contribution in [0.1, 0.15) is 24.3 Å². The van der Waals surface area contributed by atoms with Crippen molar-refractivity contribution in [1.82, 2.24) is 10.3 Å². The van der Waals surface area contributed by atoms with Crippen molar-refractivity contribution in [1.29, 1.82) is 0 Å². The maximum absolute atomic E-state index is 12.0. The summed E-state index contributed by atoms with van der Waals surface area (Å²) in [5.74, 6) is -0.111. The van der Waals surface area contributed by atoms with Crippen LogP contribution in [0.4, 0.5) is 0 Å². The molecule has 1 aromatic heterocycles. The Hall–Kier alpha value is -2.75. The molecule has 110 valence electrons. The summed E-state index contributed by atoms with van der Waals surface area (Å²) in [6, 6.07) is 6.55. The molecular weight excluding hydrogens is 264 g/mol. The van der Waals surface area contributed by atoms with Crippen LogP contribution in [0.3, 0.4) is 0 Å². The van der Waals surface area contributed by atoms with Gasteiger partial charge in [-0.2, -0.15) is 0 Å². The molecule has 0 unspecified atom stereocenters. The van der Waals surface area contributed by atoms with Crippen LogP contribution >= 0.6 is 0 Å². The molecule has 0 aliphatic heterocycles. The summed E-state index contributed by atoms with van der Waals surface area (Å²) in [6.45, 7) is 11.2. The first kappa shape index (κ1) is 16.3. The zero-order valence-corrected chi connectivity index (χ0v) is 12.3. The van der Waals surface area contributed by atoms with E-state index in [4.69, 9.17) is 0 Å². The number of aromatic hydroxyl groups is 1. The van der Waals surface area contributed by atoms with Gasteiger partial charge in [-0.05, 0) is 36.4 Å². The molecule has 0 aliphatic carbocycles. The monoisotopic (exact) mass is 284 g/mol. The molecule has 4 nitrogen and oxygen atoms in total. The molecule has 0 atom stereocenters. The predicted octanol–water partition coefficient (Wildman–Crippen LogP) is 3.89. The number of carbonyl (C=O) groups is 1. The van der Waals surface area contributed by atoms with Gasteiger partial charge in [-0.15, -0.1) is 0 Å². The molecule has 0 aliphatic rings. The summed E-state index contributed by atoms with van der Waals surface area (Å²) < 4.78 is 0. The maximum atomic E-state index is 12.0. The van der Waals surface area contributed by atoms with Gasteiger partial charge in [0.1, 0.15) is 11.4 Å². The van der Waals surface area contributed by atoms with E-state index in [1.54, 1.807) is 36.4 Å². The molecule has 4 heteroatoms. The first-order chi connectivity index (χ1) is 10.1. The Bertz CT molecular complexity index is 681. The van der Waals surface area contributed by atoms with E-state index in [0.717, 1.165) is 10.9 Å². The number of allylic oxidation sites excluding steroid dienone is 3. The number of H-pyrrole nitrogens is 1. The summed E-state index contributed by atoms with van der Waals surface area (Å²) in [4.78, 5) is 15.0. The molecule has 2 aromatic rings. The lowest BCUT2D eigenvalue weighted by molar-refractivity contribution is 0.0963. The van der Waals surface area contributed by atoms with Crippen LogP contribution in [0, 0.1) is 0 Å². The first-order valence-electron chi connectivity index (χ1n) is 6.72. The van der Waals surface area contributed by atoms with E-state index in [2.05, 4.69) is 23.5 Å². The van der Waals surface area contributed by atoms with Crippen molar-refractivity contribution >= 4 is 16.8 Å². The van der Waals surface area contributed by atoms with Gasteiger partial charge in [-0.3, -0.25) is 4.79 Å². The number of aromatic amines is 1. The number of phenols is 1. The first-order valence-corrected chi connectivity index (χ1v) is 6.72. The van der Waals surface area contributed by atoms with Crippen molar-refractivity contribution in [3.05, 3.63) is 67.0 Å². The predicted molar refractivity (Wildman–Crippen MR) is 87.3 cm³/mol. The Balaban J connectivity index is 0.00000106. The second-order valence-electron chi connectivity index (χ2n) is 3.97. The molecule has 21 heavy (non-hydrogen) atoms. The fourth-order valence-corrected chi connectivity index (χ4v) is 1.73. The molecule has 0 spiro atoms. The largest absolute Gasteiger partial charge is 0.508 e. The molecule has 0 fully saturated rings. The maximum Gasteiger partial charge on any atom is 0.272 e. The highest BCUT2D eigenvalue weighted by Crippen LogP contribution is 2.20. The summed E-state index contributed by atoms with van der Waals surface area (Å²) in [5, 5.41) is 12.9. The third-order valence-electron chi connectivity index (χ3n) is 2.62. The fourth-order valence-electron chi connectivity index (χ4n) is 1.73. The number of phenolic OH excluding ortho intramolecular Hbond substituents is 1. The van der Waals surface area contributed by atoms with E-state index in [9.17, 15) is 9.90 Å². The zero-order valence-electron chi connectivity index (χ0n) is 12.3. The Morgan fingerprint density at radius 1 is 1.29 bits per heavy atom. The second kappa shape index (κ2) is 7.75. The Morgan fingerprint density at radius 3 is 2.62 bits per heavy atom. The van der Waals surface area contributed by atoms with Crippen LogP contribution in [-0.2, 0) is 0 Å². The van der Waals surface area contributed by atoms with Crippen molar-refractivity contribution in [3.63, 3.8) is 0 Å². The molecule has 0 bridgehead atoms. The molecule has 0 saturated carbocycles. The van der Waals surface area contributed by atoms with Gasteiger partial charge in [0, 0.05) is 16.6 Å². The smallest absolute Gasteiger partial charge is 0.272 e. The number of benzene rings is 1. The van der Waals surface area contributed by atoms with Crippen molar-refractivity contribution in [3.8, 4) is 5.75 Å². The minimum Gasteiger partial charge on any atom is -0.508 e.